The minimum atomic E-state index is 0.596. The zero-order chi connectivity index (χ0) is 16.7. The van der Waals surface area contributed by atoms with Crippen LogP contribution in [0.1, 0.15) is 17.5 Å². The minimum absolute atomic E-state index is 0.596. The quantitative estimate of drug-likeness (QED) is 0.476. The van der Waals surface area contributed by atoms with E-state index in [0.29, 0.717) is 16.6 Å². The smallest absolute Gasteiger partial charge is 0.191 e. The van der Waals surface area contributed by atoms with Crippen LogP contribution in [0.2, 0.25) is 10.0 Å². The first-order valence-electron chi connectivity index (χ1n) is 7.44. The molecule has 0 unspecified atom stereocenters. The standard InChI is InChI=1S/C16H21Cl2N5/c1-19-16(20-7-3-4-12-9-22-23(2)11-12)21-10-13-5-6-14(17)8-15(13)18/h5-6,8-9,11H,3-4,7,10H2,1-2H3,(H2,19,20,21). The Morgan fingerprint density at radius 2 is 2.13 bits per heavy atom. The van der Waals surface area contributed by atoms with Crippen LogP contribution in [0, 0.1) is 0 Å². The van der Waals surface area contributed by atoms with E-state index in [-0.39, 0.29) is 0 Å². The Kier molecular flexibility index (Phi) is 6.74. The largest absolute Gasteiger partial charge is 0.356 e. The van der Waals surface area contributed by atoms with Crippen molar-refractivity contribution in [2.24, 2.45) is 12.0 Å². The van der Waals surface area contributed by atoms with Gasteiger partial charge in [0.05, 0.1) is 6.20 Å². The Morgan fingerprint density at radius 1 is 1.30 bits per heavy atom. The molecule has 0 bridgehead atoms. The third kappa shape index (κ3) is 5.77. The van der Waals surface area contributed by atoms with Crippen molar-refractivity contribution >= 4 is 29.2 Å². The van der Waals surface area contributed by atoms with E-state index in [4.69, 9.17) is 23.2 Å². The number of aromatic nitrogens is 2. The number of aliphatic imine (C=N–C) groups is 1. The summed E-state index contributed by atoms with van der Waals surface area (Å²) in [5.74, 6) is 0.752. The Balaban J connectivity index is 1.73. The molecule has 0 aliphatic carbocycles. The van der Waals surface area contributed by atoms with Gasteiger partial charge in [-0.05, 0) is 36.1 Å². The molecule has 124 valence electrons. The van der Waals surface area contributed by atoms with E-state index >= 15 is 0 Å². The lowest BCUT2D eigenvalue weighted by Gasteiger charge is -2.12. The highest BCUT2D eigenvalue weighted by atomic mass is 35.5. The van der Waals surface area contributed by atoms with Crippen LogP contribution in [0.4, 0.5) is 0 Å². The number of aryl methyl sites for hydroxylation is 2. The first-order chi connectivity index (χ1) is 11.1. The van der Waals surface area contributed by atoms with Gasteiger partial charge in [-0.3, -0.25) is 9.67 Å². The summed E-state index contributed by atoms with van der Waals surface area (Å²) >= 11 is 12.1. The molecule has 1 heterocycles. The van der Waals surface area contributed by atoms with Gasteiger partial charge < -0.3 is 10.6 Å². The van der Waals surface area contributed by atoms with Gasteiger partial charge in [-0.25, -0.2) is 0 Å². The lowest BCUT2D eigenvalue weighted by atomic mass is 10.2. The third-order valence-corrected chi connectivity index (χ3v) is 3.96. The second-order valence-corrected chi connectivity index (χ2v) is 6.06. The Morgan fingerprint density at radius 3 is 2.78 bits per heavy atom. The molecule has 1 aromatic heterocycles. The van der Waals surface area contributed by atoms with Gasteiger partial charge in [0.15, 0.2) is 5.96 Å². The van der Waals surface area contributed by atoms with Gasteiger partial charge in [-0.1, -0.05) is 29.3 Å². The molecule has 0 saturated heterocycles. The molecular weight excluding hydrogens is 333 g/mol. The van der Waals surface area contributed by atoms with Crippen LogP contribution in [-0.4, -0.2) is 29.3 Å². The molecule has 0 radical (unpaired) electrons. The Bertz CT molecular complexity index is 666. The fourth-order valence-electron chi connectivity index (χ4n) is 2.16. The molecule has 0 atom stereocenters. The fourth-order valence-corrected chi connectivity index (χ4v) is 2.64. The van der Waals surface area contributed by atoms with Gasteiger partial charge in [0, 0.05) is 43.4 Å². The molecule has 2 N–H and O–H groups in total. The van der Waals surface area contributed by atoms with Gasteiger partial charge >= 0.3 is 0 Å². The number of nitrogens with one attached hydrogen (secondary N) is 2. The van der Waals surface area contributed by atoms with Crippen LogP contribution in [0.3, 0.4) is 0 Å². The normalized spacial score (nSPS) is 11.6. The predicted octanol–water partition coefficient (Wildman–Crippen LogP) is 3.02. The number of halogens is 2. The van der Waals surface area contributed by atoms with E-state index in [1.54, 1.807) is 13.1 Å². The van der Waals surface area contributed by atoms with Crippen LogP contribution in [-0.2, 0) is 20.0 Å². The topological polar surface area (TPSA) is 54.2 Å². The monoisotopic (exact) mass is 353 g/mol. The molecule has 2 rings (SSSR count). The molecule has 0 aliphatic heterocycles. The first kappa shape index (κ1) is 17.6. The fraction of sp³-hybridized carbons (Fsp3) is 0.375. The van der Waals surface area contributed by atoms with Crippen molar-refractivity contribution in [2.45, 2.75) is 19.4 Å². The molecule has 7 heteroatoms. The van der Waals surface area contributed by atoms with Crippen molar-refractivity contribution < 1.29 is 0 Å². The lowest BCUT2D eigenvalue weighted by Crippen LogP contribution is -2.37. The average Bonchev–Trinajstić information content (AvgIpc) is 2.93. The second kappa shape index (κ2) is 8.79. The number of benzene rings is 1. The molecule has 0 spiro atoms. The molecule has 1 aromatic carbocycles. The van der Waals surface area contributed by atoms with Crippen molar-refractivity contribution in [1.29, 1.82) is 0 Å². The maximum atomic E-state index is 6.16. The van der Waals surface area contributed by atoms with Gasteiger partial charge in [-0.2, -0.15) is 5.10 Å². The summed E-state index contributed by atoms with van der Waals surface area (Å²) in [6, 6.07) is 5.48. The van der Waals surface area contributed by atoms with Crippen molar-refractivity contribution in [2.75, 3.05) is 13.6 Å². The predicted molar refractivity (Wildman–Crippen MR) is 96.2 cm³/mol. The summed E-state index contributed by atoms with van der Waals surface area (Å²) in [6.45, 7) is 1.43. The molecule has 0 saturated carbocycles. The maximum Gasteiger partial charge on any atom is 0.191 e. The van der Waals surface area contributed by atoms with Crippen LogP contribution in [0.25, 0.3) is 0 Å². The highest BCUT2D eigenvalue weighted by Crippen LogP contribution is 2.20. The molecule has 0 fully saturated rings. The zero-order valence-electron chi connectivity index (χ0n) is 13.3. The van der Waals surface area contributed by atoms with Crippen molar-refractivity contribution in [3.05, 3.63) is 51.8 Å². The summed E-state index contributed by atoms with van der Waals surface area (Å²) in [4.78, 5) is 4.21. The van der Waals surface area contributed by atoms with E-state index in [1.807, 2.05) is 36.3 Å². The van der Waals surface area contributed by atoms with Gasteiger partial charge in [0.2, 0.25) is 0 Å². The average molecular weight is 354 g/mol. The number of hydrogen-bond donors (Lipinski definition) is 2. The summed E-state index contributed by atoms with van der Waals surface area (Å²) < 4.78 is 1.82. The number of hydrogen-bond acceptors (Lipinski definition) is 2. The molecule has 0 amide bonds. The maximum absolute atomic E-state index is 6.16. The van der Waals surface area contributed by atoms with Crippen molar-refractivity contribution in [3.63, 3.8) is 0 Å². The summed E-state index contributed by atoms with van der Waals surface area (Å²) in [7, 11) is 3.68. The number of guanidine groups is 1. The molecule has 23 heavy (non-hydrogen) atoms. The molecule has 0 aliphatic rings. The van der Waals surface area contributed by atoms with Crippen LogP contribution in [0.5, 0.6) is 0 Å². The highest BCUT2D eigenvalue weighted by molar-refractivity contribution is 6.35. The van der Waals surface area contributed by atoms with E-state index < -0.39 is 0 Å². The molecule has 2 aromatic rings. The van der Waals surface area contributed by atoms with E-state index in [1.165, 1.54) is 5.56 Å². The lowest BCUT2D eigenvalue weighted by molar-refractivity contribution is 0.739. The van der Waals surface area contributed by atoms with E-state index in [0.717, 1.165) is 30.9 Å². The van der Waals surface area contributed by atoms with Crippen LogP contribution >= 0.6 is 23.2 Å². The minimum Gasteiger partial charge on any atom is -0.356 e. The van der Waals surface area contributed by atoms with E-state index in [9.17, 15) is 0 Å². The van der Waals surface area contributed by atoms with Crippen molar-refractivity contribution in [3.8, 4) is 0 Å². The molecule has 5 nitrogen and oxygen atoms in total. The second-order valence-electron chi connectivity index (χ2n) is 5.21. The van der Waals surface area contributed by atoms with Crippen molar-refractivity contribution in [1.82, 2.24) is 20.4 Å². The third-order valence-electron chi connectivity index (χ3n) is 3.38. The highest BCUT2D eigenvalue weighted by Gasteiger charge is 2.03. The number of rotatable bonds is 6. The SMILES string of the molecule is CN=C(NCCCc1cnn(C)c1)NCc1ccc(Cl)cc1Cl. The Hall–Kier alpha value is -1.72. The number of nitrogens with zero attached hydrogens (tertiary/aromatic N) is 3. The summed E-state index contributed by atoms with van der Waals surface area (Å²) in [5.41, 5.74) is 2.22. The summed E-state index contributed by atoms with van der Waals surface area (Å²) in [6.07, 6.45) is 5.93. The van der Waals surface area contributed by atoms with Gasteiger partial charge in [0.1, 0.15) is 0 Å². The summed E-state index contributed by atoms with van der Waals surface area (Å²) in [5, 5.41) is 12.0. The van der Waals surface area contributed by atoms with Gasteiger partial charge in [0.25, 0.3) is 0 Å². The Labute approximate surface area is 146 Å². The van der Waals surface area contributed by atoms with Crippen LogP contribution in [0.15, 0.2) is 35.6 Å². The zero-order valence-corrected chi connectivity index (χ0v) is 14.8. The molecular formula is C16H21Cl2N5. The first-order valence-corrected chi connectivity index (χ1v) is 8.20. The van der Waals surface area contributed by atoms with E-state index in [2.05, 4.69) is 20.7 Å². The van der Waals surface area contributed by atoms with Crippen LogP contribution < -0.4 is 10.6 Å². The van der Waals surface area contributed by atoms with Gasteiger partial charge in [-0.15, -0.1) is 0 Å².